The maximum Gasteiger partial charge on any atom is 0.302 e. The highest BCUT2D eigenvalue weighted by Gasteiger charge is 1.91. The van der Waals surface area contributed by atoms with E-state index < -0.39 is 0 Å². The summed E-state index contributed by atoms with van der Waals surface area (Å²) in [4.78, 5) is 10.6. The van der Waals surface area contributed by atoms with Crippen LogP contribution in [0.1, 0.15) is 0 Å². The molecule has 0 spiro atoms. The molecule has 0 saturated carbocycles. The number of hydrogen-bond donors (Lipinski definition) is 0. The van der Waals surface area contributed by atoms with Crippen molar-refractivity contribution < 1.29 is 5.11 Å². The first-order valence-electron chi connectivity index (χ1n) is 2.61. The molecule has 0 amide bonds. The average molecular weight is 123 g/mol. The van der Waals surface area contributed by atoms with Gasteiger partial charge in [-0.05, 0) is 6.07 Å². The van der Waals surface area contributed by atoms with Gasteiger partial charge in [0, 0.05) is 6.07 Å². The summed E-state index contributed by atoms with van der Waals surface area (Å²) in [5.74, 6) is 0.0417. The molecule has 0 aliphatic heterocycles. The second kappa shape index (κ2) is 2.31. The van der Waals surface area contributed by atoms with E-state index in [9.17, 15) is 4.79 Å². The zero-order valence-electron chi connectivity index (χ0n) is 4.79. The third-order valence-corrected chi connectivity index (χ3v) is 0.998. The third kappa shape index (κ3) is 1.29. The molecule has 0 heterocycles. The van der Waals surface area contributed by atoms with Crippen LogP contribution in [0.15, 0.2) is 35.1 Å². The van der Waals surface area contributed by atoms with Crippen LogP contribution in [0.4, 0.5) is 0 Å². The Bertz CT molecular complexity index is 255. The van der Waals surface area contributed by atoms with Crippen LogP contribution in [0.2, 0.25) is 0 Å². The van der Waals surface area contributed by atoms with Crippen molar-refractivity contribution in [2.45, 2.75) is 0 Å². The molecule has 1 rings (SSSR count). The Morgan fingerprint density at radius 2 is 1.78 bits per heavy atom. The fourth-order valence-electron chi connectivity index (χ4n) is 0.531. The van der Waals surface area contributed by atoms with Crippen LogP contribution in [0.25, 0.3) is 0 Å². The van der Waals surface area contributed by atoms with Crippen molar-refractivity contribution >= 4 is 0 Å². The first-order valence-corrected chi connectivity index (χ1v) is 2.61. The normalized spacial score (nSPS) is 8.89. The van der Waals surface area contributed by atoms with Crippen LogP contribution in [0.3, 0.4) is 0 Å². The predicted molar refractivity (Wildman–Crippen MR) is 35.8 cm³/mol. The standard InChI is InChI=1S/C7H6O2/c8-6-4-2-1-3-5-7(6)9/h1-5H,(H,8,9)/p+1. The van der Waals surface area contributed by atoms with Gasteiger partial charge in [-0.15, -0.1) is 0 Å². The molecule has 0 unspecified atom stereocenters. The molecule has 0 aromatic heterocycles. The van der Waals surface area contributed by atoms with Gasteiger partial charge in [-0.2, -0.15) is 0 Å². The molecule has 0 saturated heterocycles. The summed E-state index contributed by atoms with van der Waals surface area (Å²) in [7, 11) is 0. The topological polar surface area (TPSA) is 40.0 Å². The molecule has 0 radical (unpaired) electrons. The van der Waals surface area contributed by atoms with Crippen molar-refractivity contribution in [1.82, 2.24) is 0 Å². The molecule has 2 heteroatoms. The zero-order valence-corrected chi connectivity index (χ0v) is 4.79. The summed E-state index contributed by atoms with van der Waals surface area (Å²) in [5, 5.41) is 7.03. The summed E-state index contributed by atoms with van der Waals surface area (Å²) >= 11 is 0. The lowest BCUT2D eigenvalue weighted by Gasteiger charge is -1.70. The summed E-state index contributed by atoms with van der Waals surface area (Å²) in [6, 6.07) is 7.87. The van der Waals surface area contributed by atoms with E-state index in [0.29, 0.717) is 0 Å². The molecule has 2 N–H and O–H groups in total. The molecule has 1 aromatic rings. The predicted octanol–water partition coefficient (Wildman–Crippen LogP) is 0.485. The van der Waals surface area contributed by atoms with Gasteiger partial charge in [-0.1, -0.05) is 18.2 Å². The van der Waals surface area contributed by atoms with Crippen LogP contribution in [-0.2, 0) is 0 Å². The Labute approximate surface area is 52.4 Å². The molecule has 1 aromatic carbocycles. The Kier molecular flexibility index (Phi) is 1.49. The molecule has 0 atom stereocenters. The second-order valence-electron chi connectivity index (χ2n) is 1.69. The molecule has 2 nitrogen and oxygen atoms in total. The number of rotatable bonds is 0. The van der Waals surface area contributed by atoms with E-state index in [0.717, 1.165) is 0 Å². The van der Waals surface area contributed by atoms with Crippen LogP contribution in [0.5, 0.6) is 5.75 Å². The monoisotopic (exact) mass is 123 g/mol. The van der Waals surface area contributed by atoms with E-state index in [-0.39, 0.29) is 11.2 Å². The highest BCUT2D eigenvalue weighted by Crippen LogP contribution is 1.93. The first kappa shape index (κ1) is 5.82. The Morgan fingerprint density at radius 3 is 2.56 bits per heavy atom. The summed E-state index contributed by atoms with van der Waals surface area (Å²) in [6.45, 7) is 0. The van der Waals surface area contributed by atoms with Gasteiger partial charge < -0.3 is 5.11 Å². The lowest BCUT2D eigenvalue weighted by molar-refractivity contribution is 0.471. The van der Waals surface area contributed by atoms with E-state index in [1.54, 1.807) is 18.2 Å². The Hall–Kier alpha value is -1.31. The lowest BCUT2D eigenvalue weighted by Crippen LogP contribution is -1.90. The lowest BCUT2D eigenvalue weighted by atomic mass is 10.5. The van der Waals surface area contributed by atoms with Gasteiger partial charge in [-0.3, -0.25) is 4.79 Å². The van der Waals surface area contributed by atoms with Gasteiger partial charge in [0.05, 0.1) is 0 Å². The molecule has 0 aliphatic rings. The molecule has 0 fully saturated rings. The molecular weight excluding hydrogens is 116 g/mol. The Balaban J connectivity index is 3.42. The van der Waals surface area contributed by atoms with Crippen LogP contribution in [0, 0.1) is 0 Å². The minimum absolute atomic E-state index is 0.0417. The van der Waals surface area contributed by atoms with E-state index in [4.69, 9.17) is 5.11 Å². The van der Waals surface area contributed by atoms with Crippen molar-refractivity contribution in [3.05, 3.63) is 40.6 Å². The Morgan fingerprint density at radius 1 is 1.11 bits per heavy atom. The minimum Gasteiger partial charge on any atom is -0.591 e. The fraction of sp³-hybridized carbons (Fsp3) is 0. The van der Waals surface area contributed by atoms with E-state index in [1.165, 1.54) is 12.1 Å². The molecule has 0 bridgehead atoms. The maximum atomic E-state index is 10.6. The maximum absolute atomic E-state index is 10.6. The third-order valence-electron chi connectivity index (χ3n) is 0.998. The largest absolute Gasteiger partial charge is 0.591 e. The molecule has 0 aliphatic carbocycles. The molecular formula is C7H7O2+. The quantitative estimate of drug-likeness (QED) is 0.462. The van der Waals surface area contributed by atoms with Crippen LogP contribution in [-0.4, -0.2) is 5.11 Å². The second-order valence-corrected chi connectivity index (χ2v) is 1.69. The van der Waals surface area contributed by atoms with Crippen molar-refractivity contribution in [2.24, 2.45) is 0 Å². The summed E-state index contributed by atoms with van der Waals surface area (Å²) in [6.07, 6.45) is 0. The van der Waals surface area contributed by atoms with Crippen molar-refractivity contribution in [2.75, 3.05) is 0 Å². The van der Waals surface area contributed by atoms with E-state index in [2.05, 4.69) is 0 Å². The van der Waals surface area contributed by atoms with E-state index in [1.807, 2.05) is 0 Å². The van der Waals surface area contributed by atoms with Crippen molar-refractivity contribution in [3.8, 4) is 5.75 Å². The van der Waals surface area contributed by atoms with Gasteiger partial charge in [0.25, 0.3) is 5.43 Å². The molecule has 9 heavy (non-hydrogen) atoms. The van der Waals surface area contributed by atoms with Crippen molar-refractivity contribution in [1.29, 1.82) is 0 Å². The van der Waals surface area contributed by atoms with Crippen LogP contribution < -0.4 is 5.43 Å². The highest BCUT2D eigenvalue weighted by atomic mass is 16.3. The van der Waals surface area contributed by atoms with Gasteiger partial charge in [0.1, 0.15) is 0 Å². The van der Waals surface area contributed by atoms with Crippen molar-refractivity contribution in [3.63, 3.8) is 0 Å². The highest BCUT2D eigenvalue weighted by molar-refractivity contribution is 5.17. The average Bonchev–Trinajstić information content (AvgIpc) is 1.99. The SMILES string of the molecule is O=c1cccccc1[OH2+]. The fourth-order valence-corrected chi connectivity index (χ4v) is 0.531. The van der Waals surface area contributed by atoms with Gasteiger partial charge in [-0.25, -0.2) is 0 Å². The van der Waals surface area contributed by atoms with E-state index >= 15 is 0 Å². The van der Waals surface area contributed by atoms with Gasteiger partial charge in [0.15, 0.2) is 0 Å². The minimum atomic E-state index is -0.236. The summed E-state index contributed by atoms with van der Waals surface area (Å²) < 4.78 is 0. The van der Waals surface area contributed by atoms with Gasteiger partial charge >= 0.3 is 5.75 Å². The summed E-state index contributed by atoms with van der Waals surface area (Å²) in [5.41, 5.74) is -0.236. The number of hydrogen-bond acceptors (Lipinski definition) is 1. The zero-order chi connectivity index (χ0) is 6.69. The molecule has 46 valence electrons. The van der Waals surface area contributed by atoms with Gasteiger partial charge in [0.2, 0.25) is 0 Å². The van der Waals surface area contributed by atoms with Crippen LogP contribution >= 0.6 is 0 Å². The first-order chi connectivity index (χ1) is 4.30. The smallest absolute Gasteiger partial charge is 0.302 e.